The van der Waals surface area contributed by atoms with Crippen LogP contribution in [0.5, 0.6) is 5.75 Å². The lowest BCUT2D eigenvalue weighted by Gasteiger charge is -2.26. The molecule has 0 bridgehead atoms. The summed E-state index contributed by atoms with van der Waals surface area (Å²) in [6, 6.07) is 15.9. The van der Waals surface area contributed by atoms with Gasteiger partial charge in [-0.3, -0.25) is 0 Å². The van der Waals surface area contributed by atoms with Crippen molar-refractivity contribution in [2.24, 2.45) is 5.73 Å². The quantitative estimate of drug-likeness (QED) is 0.847. The second-order valence-electron chi connectivity index (χ2n) is 4.60. The molecule has 0 aliphatic carbocycles. The van der Waals surface area contributed by atoms with Crippen LogP contribution in [-0.2, 0) is 6.54 Å². The van der Waals surface area contributed by atoms with Crippen LogP contribution in [0, 0.1) is 0 Å². The van der Waals surface area contributed by atoms with Gasteiger partial charge >= 0.3 is 0 Å². The molecule has 0 saturated carbocycles. The Kier molecular flexibility index (Phi) is 2.68. The Hall–Kier alpha value is -2.00. The standard InChI is InChI=1S/C15H16N2O/c16-9-15-14-7-2-1-4-11(14)10-17(15)12-5-3-6-13(18)8-12/h1-8,15,18H,9-10,16H2. The number of hydrogen-bond donors (Lipinski definition) is 2. The van der Waals surface area contributed by atoms with Crippen molar-refractivity contribution in [3.8, 4) is 5.75 Å². The van der Waals surface area contributed by atoms with E-state index < -0.39 is 0 Å². The average Bonchev–Trinajstić information content (AvgIpc) is 2.77. The lowest BCUT2D eigenvalue weighted by atomic mass is 10.1. The molecule has 1 atom stereocenters. The molecule has 0 aromatic heterocycles. The largest absolute Gasteiger partial charge is 0.508 e. The summed E-state index contributed by atoms with van der Waals surface area (Å²) < 4.78 is 0. The number of phenolic OH excluding ortho intramolecular Hbond substituents is 1. The lowest BCUT2D eigenvalue weighted by Crippen LogP contribution is -2.27. The Morgan fingerprint density at radius 2 is 2.00 bits per heavy atom. The lowest BCUT2D eigenvalue weighted by molar-refractivity contribution is 0.475. The minimum absolute atomic E-state index is 0.197. The van der Waals surface area contributed by atoms with Crippen molar-refractivity contribution >= 4 is 5.69 Å². The average molecular weight is 240 g/mol. The molecule has 3 nitrogen and oxygen atoms in total. The molecule has 3 N–H and O–H groups in total. The van der Waals surface area contributed by atoms with Gasteiger partial charge in [0.05, 0.1) is 6.04 Å². The molecule has 1 heterocycles. The van der Waals surface area contributed by atoms with Crippen LogP contribution in [-0.4, -0.2) is 11.7 Å². The highest BCUT2D eigenvalue weighted by atomic mass is 16.3. The molecule has 0 spiro atoms. The number of hydrogen-bond acceptors (Lipinski definition) is 3. The summed E-state index contributed by atoms with van der Waals surface area (Å²) in [5.41, 5.74) is 9.54. The predicted octanol–water partition coefficient (Wildman–Crippen LogP) is 2.41. The third kappa shape index (κ3) is 1.73. The molecule has 92 valence electrons. The van der Waals surface area contributed by atoms with Gasteiger partial charge in [-0.15, -0.1) is 0 Å². The van der Waals surface area contributed by atoms with Gasteiger partial charge in [-0.1, -0.05) is 30.3 Å². The van der Waals surface area contributed by atoms with Crippen molar-refractivity contribution in [3.05, 3.63) is 59.7 Å². The molecule has 1 aliphatic heterocycles. The Balaban J connectivity index is 2.01. The van der Waals surface area contributed by atoms with Gasteiger partial charge in [-0.2, -0.15) is 0 Å². The fourth-order valence-electron chi connectivity index (χ4n) is 2.66. The van der Waals surface area contributed by atoms with Gasteiger partial charge in [0.15, 0.2) is 0 Å². The van der Waals surface area contributed by atoms with Crippen LogP contribution in [0.4, 0.5) is 5.69 Å². The number of anilines is 1. The maximum absolute atomic E-state index is 9.59. The topological polar surface area (TPSA) is 49.5 Å². The Bertz CT molecular complexity index is 568. The van der Waals surface area contributed by atoms with E-state index in [1.54, 1.807) is 12.1 Å². The molecule has 1 aliphatic rings. The van der Waals surface area contributed by atoms with Crippen molar-refractivity contribution in [2.75, 3.05) is 11.4 Å². The van der Waals surface area contributed by atoms with E-state index in [-0.39, 0.29) is 6.04 Å². The number of fused-ring (bicyclic) bond motifs is 1. The van der Waals surface area contributed by atoms with Crippen LogP contribution in [0.1, 0.15) is 17.2 Å². The van der Waals surface area contributed by atoms with Crippen LogP contribution in [0.15, 0.2) is 48.5 Å². The summed E-state index contributed by atoms with van der Waals surface area (Å²) in [6.07, 6.45) is 0. The van der Waals surface area contributed by atoms with Gasteiger partial charge in [0.2, 0.25) is 0 Å². The summed E-state index contributed by atoms with van der Waals surface area (Å²) in [5, 5.41) is 9.59. The fraction of sp³-hybridized carbons (Fsp3) is 0.200. The second kappa shape index (κ2) is 4.35. The van der Waals surface area contributed by atoms with E-state index in [2.05, 4.69) is 23.1 Å². The molecule has 2 aromatic carbocycles. The monoisotopic (exact) mass is 240 g/mol. The summed E-state index contributed by atoms with van der Waals surface area (Å²) in [4.78, 5) is 2.24. The minimum atomic E-state index is 0.197. The molecule has 2 aromatic rings. The molecule has 0 radical (unpaired) electrons. The van der Waals surface area contributed by atoms with Gasteiger partial charge in [-0.25, -0.2) is 0 Å². The van der Waals surface area contributed by atoms with Crippen molar-refractivity contribution in [1.29, 1.82) is 0 Å². The molecule has 3 heteroatoms. The van der Waals surface area contributed by atoms with Crippen LogP contribution in [0.25, 0.3) is 0 Å². The third-order valence-corrected chi connectivity index (χ3v) is 3.52. The van der Waals surface area contributed by atoms with Crippen LogP contribution >= 0.6 is 0 Å². The van der Waals surface area contributed by atoms with E-state index >= 15 is 0 Å². The number of benzene rings is 2. The van der Waals surface area contributed by atoms with Gasteiger partial charge in [-0.05, 0) is 23.3 Å². The third-order valence-electron chi connectivity index (χ3n) is 3.52. The highest BCUT2D eigenvalue weighted by molar-refractivity contribution is 5.56. The molecular weight excluding hydrogens is 224 g/mol. The Labute approximate surface area is 106 Å². The second-order valence-corrected chi connectivity index (χ2v) is 4.60. The van der Waals surface area contributed by atoms with Crippen molar-refractivity contribution in [3.63, 3.8) is 0 Å². The van der Waals surface area contributed by atoms with E-state index in [4.69, 9.17) is 5.73 Å². The first-order chi connectivity index (χ1) is 8.79. The van der Waals surface area contributed by atoms with Crippen molar-refractivity contribution in [2.45, 2.75) is 12.6 Å². The highest BCUT2D eigenvalue weighted by Crippen LogP contribution is 2.37. The van der Waals surface area contributed by atoms with E-state index in [0.717, 1.165) is 12.2 Å². The van der Waals surface area contributed by atoms with E-state index in [0.29, 0.717) is 12.3 Å². The van der Waals surface area contributed by atoms with Crippen molar-refractivity contribution in [1.82, 2.24) is 0 Å². The van der Waals surface area contributed by atoms with E-state index in [9.17, 15) is 5.11 Å². The SMILES string of the molecule is NCC1c2ccccc2CN1c1cccc(O)c1. The number of nitrogens with zero attached hydrogens (tertiary/aromatic N) is 1. The maximum atomic E-state index is 9.59. The highest BCUT2D eigenvalue weighted by Gasteiger charge is 2.28. The normalized spacial score (nSPS) is 17.8. The molecule has 1 unspecified atom stereocenters. The Morgan fingerprint density at radius 3 is 2.78 bits per heavy atom. The number of rotatable bonds is 2. The number of phenols is 1. The molecular formula is C15H16N2O. The zero-order valence-corrected chi connectivity index (χ0v) is 10.1. The van der Waals surface area contributed by atoms with E-state index in [1.807, 2.05) is 18.2 Å². The fourth-order valence-corrected chi connectivity index (χ4v) is 2.66. The number of nitrogens with two attached hydrogens (primary N) is 1. The maximum Gasteiger partial charge on any atom is 0.117 e. The first-order valence-electron chi connectivity index (χ1n) is 6.13. The predicted molar refractivity (Wildman–Crippen MR) is 72.5 cm³/mol. The van der Waals surface area contributed by atoms with Gasteiger partial charge in [0.1, 0.15) is 5.75 Å². The molecule has 0 saturated heterocycles. The van der Waals surface area contributed by atoms with Crippen LogP contribution in [0.2, 0.25) is 0 Å². The van der Waals surface area contributed by atoms with Crippen LogP contribution in [0.3, 0.4) is 0 Å². The molecule has 0 amide bonds. The summed E-state index contributed by atoms with van der Waals surface area (Å²) in [7, 11) is 0. The van der Waals surface area contributed by atoms with Gasteiger partial charge in [0, 0.05) is 24.8 Å². The summed E-state index contributed by atoms with van der Waals surface area (Å²) in [5.74, 6) is 0.291. The van der Waals surface area contributed by atoms with Gasteiger partial charge < -0.3 is 15.7 Å². The smallest absolute Gasteiger partial charge is 0.117 e. The molecule has 0 fully saturated rings. The zero-order valence-electron chi connectivity index (χ0n) is 10.1. The zero-order chi connectivity index (χ0) is 12.5. The summed E-state index contributed by atoms with van der Waals surface area (Å²) in [6.45, 7) is 1.42. The molecule has 3 rings (SSSR count). The summed E-state index contributed by atoms with van der Waals surface area (Å²) >= 11 is 0. The first-order valence-corrected chi connectivity index (χ1v) is 6.13. The van der Waals surface area contributed by atoms with Crippen LogP contribution < -0.4 is 10.6 Å². The minimum Gasteiger partial charge on any atom is -0.508 e. The molecule has 18 heavy (non-hydrogen) atoms. The van der Waals surface area contributed by atoms with Gasteiger partial charge in [0.25, 0.3) is 0 Å². The Morgan fingerprint density at radius 1 is 1.17 bits per heavy atom. The van der Waals surface area contributed by atoms with Crippen molar-refractivity contribution < 1.29 is 5.11 Å². The van der Waals surface area contributed by atoms with E-state index in [1.165, 1.54) is 11.1 Å². The first kappa shape index (κ1) is 11.1. The number of aromatic hydroxyl groups is 1.